The molecule has 8 heteroatoms. The van der Waals surface area contributed by atoms with E-state index < -0.39 is 13.3 Å². The Balaban J connectivity index is 0.000000196. The van der Waals surface area contributed by atoms with E-state index in [0.717, 1.165) is 83.2 Å². The standard InChI is InChI=1S/C43H35N2O.C20H19GeN2O.Ir/c1-27(2)36-24-32(30-16-9-6-10-17-30)25-37(28(3)4)41(36)45-39-21-12-11-20-38(39)44-43(45)35-19-13-18-34-33-23-22-31(26-40(33)46-42(34)35)29-14-7-5-8-15-29;1-13-8-10-16-15-6-5-7-17(19(15)24-20(16)23-13)18-11-9-14(12-22-18)21(2,3)4;/h5-18,20-28H,1-4H3;5-6,8-12H,1-4H3;/q2*-1;. The molecule has 7 aromatic carbocycles. The summed E-state index contributed by atoms with van der Waals surface area (Å²) in [7, 11) is 0. The number of fused-ring (bicyclic) bond motifs is 7. The summed E-state index contributed by atoms with van der Waals surface area (Å²) in [5.41, 5.74) is 17.3. The van der Waals surface area contributed by atoms with Crippen molar-refractivity contribution in [1.82, 2.24) is 19.5 Å². The summed E-state index contributed by atoms with van der Waals surface area (Å²) in [6, 6.07) is 64.1. The van der Waals surface area contributed by atoms with Crippen LogP contribution in [-0.2, 0) is 20.1 Å². The van der Waals surface area contributed by atoms with Crippen molar-refractivity contribution in [3.05, 3.63) is 199 Å². The fourth-order valence-corrected chi connectivity index (χ4v) is 11.8. The van der Waals surface area contributed by atoms with Crippen LogP contribution in [0.5, 0.6) is 0 Å². The van der Waals surface area contributed by atoms with E-state index in [-0.39, 0.29) is 31.9 Å². The Morgan fingerprint density at radius 3 is 1.80 bits per heavy atom. The molecule has 0 aliphatic heterocycles. The van der Waals surface area contributed by atoms with Gasteiger partial charge >= 0.3 is 144 Å². The summed E-state index contributed by atoms with van der Waals surface area (Å²) >= 11 is -1.85. The predicted molar refractivity (Wildman–Crippen MR) is 293 cm³/mol. The van der Waals surface area contributed by atoms with Gasteiger partial charge in [0.05, 0.1) is 22.4 Å². The van der Waals surface area contributed by atoms with Crippen LogP contribution in [0.4, 0.5) is 0 Å². The first kappa shape index (κ1) is 47.8. The van der Waals surface area contributed by atoms with Crippen LogP contribution >= 0.6 is 0 Å². The smallest absolute Gasteiger partial charge is 0 e. The molecule has 353 valence electrons. The van der Waals surface area contributed by atoms with E-state index in [9.17, 15) is 0 Å². The maximum Gasteiger partial charge on any atom is 0 e. The SMILES string of the molecule is CC(C)c1cc(-c2ccccc2)cc(C(C)C)c1-n1c(-c2[c-]ccc3c2oc2cc(-c4ccccc4)ccc23)nc2ccccc21.Cc1ccc2c(n1)oc1c(-c3cc[c]([Ge]([CH3])([CH3])[CH3])cn3)[c-]ccc12.[Ir]. The molecule has 71 heavy (non-hydrogen) atoms. The van der Waals surface area contributed by atoms with Gasteiger partial charge in [-0.15, -0.1) is 18.2 Å². The third kappa shape index (κ3) is 8.97. The molecule has 0 fully saturated rings. The molecule has 0 aliphatic carbocycles. The van der Waals surface area contributed by atoms with E-state index in [4.69, 9.17) is 13.8 Å². The van der Waals surface area contributed by atoms with Crippen LogP contribution in [0.25, 0.3) is 106 Å². The molecule has 5 heterocycles. The average Bonchev–Trinajstić information content (AvgIpc) is 4.07. The molecule has 0 saturated carbocycles. The van der Waals surface area contributed by atoms with Gasteiger partial charge in [-0.05, 0) is 75.5 Å². The summed E-state index contributed by atoms with van der Waals surface area (Å²) < 4.78 is 16.5. The topological polar surface area (TPSA) is 69.9 Å². The summed E-state index contributed by atoms with van der Waals surface area (Å²) in [5, 5.41) is 4.25. The number of rotatable bonds is 8. The molecule has 6 nitrogen and oxygen atoms in total. The molecule has 12 aromatic rings. The average molecular weight is 1160 g/mol. The minimum absolute atomic E-state index is 0. The molecule has 0 saturated heterocycles. The summed E-state index contributed by atoms with van der Waals surface area (Å²) in [4.78, 5) is 14.5. The van der Waals surface area contributed by atoms with Gasteiger partial charge in [-0.3, -0.25) is 4.98 Å². The second-order valence-corrected chi connectivity index (χ2v) is 30.6. The second kappa shape index (κ2) is 19.4. The number of imidazole rings is 1. The van der Waals surface area contributed by atoms with Crippen LogP contribution in [0.15, 0.2) is 179 Å². The first-order chi connectivity index (χ1) is 33.9. The minimum atomic E-state index is -1.85. The molecule has 5 aromatic heterocycles. The zero-order valence-electron chi connectivity index (χ0n) is 41.3. The first-order valence-corrected chi connectivity index (χ1v) is 31.6. The Kier molecular flexibility index (Phi) is 13.0. The van der Waals surface area contributed by atoms with Gasteiger partial charge in [0.15, 0.2) is 0 Å². The third-order valence-electron chi connectivity index (χ3n) is 13.4. The summed E-state index contributed by atoms with van der Waals surface area (Å²) in [5.74, 6) is 8.52. The molecule has 0 N–H and O–H groups in total. The van der Waals surface area contributed by atoms with Crippen molar-refractivity contribution in [2.75, 3.05) is 0 Å². The van der Waals surface area contributed by atoms with E-state index in [0.29, 0.717) is 5.71 Å². The second-order valence-electron chi connectivity index (χ2n) is 19.9. The quantitative estimate of drug-likeness (QED) is 0.112. The van der Waals surface area contributed by atoms with Gasteiger partial charge in [-0.25, -0.2) is 0 Å². The fraction of sp³-hybridized carbons (Fsp3) is 0.159. The van der Waals surface area contributed by atoms with Crippen LogP contribution < -0.4 is 4.40 Å². The molecular weight excluding hydrogens is 1110 g/mol. The molecule has 0 spiro atoms. The van der Waals surface area contributed by atoms with Crippen LogP contribution in [0.3, 0.4) is 0 Å². The Labute approximate surface area is 431 Å². The van der Waals surface area contributed by atoms with Gasteiger partial charge in [0, 0.05) is 31.2 Å². The van der Waals surface area contributed by atoms with Crippen molar-refractivity contribution in [2.45, 2.75) is 63.7 Å². The molecule has 0 amide bonds. The maximum atomic E-state index is 6.73. The van der Waals surface area contributed by atoms with Gasteiger partial charge in [0.25, 0.3) is 0 Å². The third-order valence-corrected chi connectivity index (χ3v) is 17.6. The summed E-state index contributed by atoms with van der Waals surface area (Å²) in [6.07, 6.45) is 2.02. The van der Waals surface area contributed by atoms with Gasteiger partial charge < -0.3 is 8.98 Å². The zero-order chi connectivity index (χ0) is 48.3. The largest absolute Gasteiger partial charge is 0 e. The van der Waals surface area contributed by atoms with Gasteiger partial charge in [-0.2, -0.15) is 0 Å². The van der Waals surface area contributed by atoms with E-state index in [1.807, 2.05) is 43.5 Å². The number of hydrogen-bond donors (Lipinski definition) is 0. The Bertz CT molecular complexity index is 3850. The fourth-order valence-electron chi connectivity index (χ4n) is 9.64. The van der Waals surface area contributed by atoms with Crippen molar-refractivity contribution in [3.63, 3.8) is 0 Å². The van der Waals surface area contributed by atoms with Crippen molar-refractivity contribution in [1.29, 1.82) is 0 Å². The number of nitrogens with zero attached hydrogens (tertiary/aromatic N) is 4. The van der Waals surface area contributed by atoms with Crippen molar-refractivity contribution in [3.8, 4) is 50.6 Å². The van der Waals surface area contributed by atoms with Crippen LogP contribution in [-0.4, -0.2) is 32.8 Å². The van der Waals surface area contributed by atoms with Gasteiger partial charge in [0.2, 0.25) is 0 Å². The van der Waals surface area contributed by atoms with Crippen LogP contribution in [0, 0.1) is 19.1 Å². The number of aryl methyl sites for hydroxylation is 1. The van der Waals surface area contributed by atoms with E-state index in [1.54, 1.807) is 0 Å². The van der Waals surface area contributed by atoms with Crippen LogP contribution in [0.2, 0.25) is 17.3 Å². The molecule has 0 unspecified atom stereocenters. The normalized spacial score (nSPS) is 11.8. The monoisotopic (exact) mass is 1170 g/mol. The van der Waals surface area contributed by atoms with Crippen molar-refractivity contribution < 1.29 is 28.9 Å². The van der Waals surface area contributed by atoms with E-state index in [2.05, 4.69) is 205 Å². The number of benzene rings is 7. The molecule has 0 aliphatic rings. The minimum Gasteiger partial charge on any atom is 0 e. The molecule has 0 bridgehead atoms. The van der Waals surface area contributed by atoms with E-state index >= 15 is 0 Å². The van der Waals surface area contributed by atoms with E-state index in [1.165, 1.54) is 37.9 Å². The van der Waals surface area contributed by atoms with Crippen molar-refractivity contribution in [2.24, 2.45) is 0 Å². The predicted octanol–water partition coefficient (Wildman–Crippen LogP) is 16.7. The number of hydrogen-bond acceptors (Lipinski definition) is 5. The molecule has 1 radical (unpaired) electrons. The Hall–Kier alpha value is -6.90. The van der Waals surface area contributed by atoms with Gasteiger partial charge in [0.1, 0.15) is 5.58 Å². The maximum absolute atomic E-state index is 6.73. The molecule has 12 rings (SSSR count). The molecule has 0 atom stereocenters. The van der Waals surface area contributed by atoms with Crippen molar-refractivity contribution >= 4 is 72.7 Å². The number of para-hydroxylation sites is 2. The number of furan rings is 2. The first-order valence-electron chi connectivity index (χ1n) is 24.2. The Morgan fingerprint density at radius 2 is 1.15 bits per heavy atom. The number of pyridine rings is 2. The zero-order valence-corrected chi connectivity index (χ0v) is 45.8. The summed E-state index contributed by atoms with van der Waals surface area (Å²) in [6.45, 7) is 11.1. The van der Waals surface area contributed by atoms with Gasteiger partial charge in [-0.1, -0.05) is 124 Å². The Morgan fingerprint density at radius 1 is 0.549 bits per heavy atom. The van der Waals surface area contributed by atoms with Crippen LogP contribution in [0.1, 0.15) is 56.4 Å². The molecular formula is C63H54GeIrN4O2-2. The number of aromatic nitrogens is 4.